The number of rotatable bonds is 3. The predicted molar refractivity (Wildman–Crippen MR) is 47.2 cm³/mol. The minimum absolute atomic E-state index is 0.221. The molecule has 1 aromatic heterocycles. The number of hydrogen-bond acceptors (Lipinski definition) is 4. The van der Waals surface area contributed by atoms with E-state index in [2.05, 4.69) is 9.84 Å². The average Bonchev–Trinajstić information content (AvgIpc) is 2.50. The zero-order valence-electron chi connectivity index (χ0n) is 7.11. The second-order valence-corrected chi connectivity index (χ2v) is 2.85. The Hall–Kier alpha value is -1.07. The Balaban J connectivity index is 2.59. The maximum Gasteiger partial charge on any atom is 0.324 e. The lowest BCUT2D eigenvalue weighted by molar-refractivity contribution is -0.142. The normalized spacial score (nSPS) is 12.5. The summed E-state index contributed by atoms with van der Waals surface area (Å²) >= 11 is 5.72. The van der Waals surface area contributed by atoms with E-state index in [4.69, 9.17) is 17.3 Å². The zero-order valence-corrected chi connectivity index (χ0v) is 7.86. The SMILES string of the molecule is COC(=O)C(N)Cn1nccc1Cl. The van der Waals surface area contributed by atoms with Crippen molar-refractivity contribution in [1.29, 1.82) is 0 Å². The topological polar surface area (TPSA) is 70.1 Å². The molecule has 0 aromatic carbocycles. The Morgan fingerprint density at radius 2 is 2.62 bits per heavy atom. The molecule has 1 aromatic rings. The number of aromatic nitrogens is 2. The van der Waals surface area contributed by atoms with Gasteiger partial charge >= 0.3 is 5.97 Å². The quantitative estimate of drug-likeness (QED) is 0.704. The fraction of sp³-hybridized carbons (Fsp3) is 0.429. The summed E-state index contributed by atoms with van der Waals surface area (Å²) in [5.41, 5.74) is 5.49. The third kappa shape index (κ3) is 2.43. The monoisotopic (exact) mass is 203 g/mol. The van der Waals surface area contributed by atoms with Crippen LogP contribution in [0.2, 0.25) is 5.15 Å². The van der Waals surface area contributed by atoms with Gasteiger partial charge in [0.05, 0.1) is 19.9 Å². The van der Waals surface area contributed by atoms with Gasteiger partial charge in [0.1, 0.15) is 11.2 Å². The number of nitrogens with zero attached hydrogens (tertiary/aromatic N) is 2. The molecule has 0 amide bonds. The lowest BCUT2D eigenvalue weighted by Crippen LogP contribution is -2.36. The summed E-state index contributed by atoms with van der Waals surface area (Å²) in [6, 6.07) is 0.883. The van der Waals surface area contributed by atoms with Crippen LogP contribution in [0, 0.1) is 0 Å². The van der Waals surface area contributed by atoms with Gasteiger partial charge in [0.25, 0.3) is 0 Å². The molecule has 0 saturated carbocycles. The van der Waals surface area contributed by atoms with Crippen molar-refractivity contribution in [3.63, 3.8) is 0 Å². The van der Waals surface area contributed by atoms with Crippen molar-refractivity contribution in [3.05, 3.63) is 17.4 Å². The van der Waals surface area contributed by atoms with E-state index in [0.717, 1.165) is 0 Å². The van der Waals surface area contributed by atoms with Gasteiger partial charge in [0, 0.05) is 0 Å². The molecule has 72 valence electrons. The van der Waals surface area contributed by atoms with Gasteiger partial charge < -0.3 is 10.5 Å². The van der Waals surface area contributed by atoms with Gasteiger partial charge in [0.2, 0.25) is 0 Å². The van der Waals surface area contributed by atoms with Crippen molar-refractivity contribution in [1.82, 2.24) is 9.78 Å². The van der Waals surface area contributed by atoms with Gasteiger partial charge in [-0.2, -0.15) is 5.10 Å². The Kier molecular flexibility index (Phi) is 3.27. The molecule has 0 aliphatic heterocycles. The summed E-state index contributed by atoms with van der Waals surface area (Å²) in [6.07, 6.45) is 1.53. The van der Waals surface area contributed by atoms with Gasteiger partial charge in [-0.1, -0.05) is 11.6 Å². The van der Waals surface area contributed by atoms with Gasteiger partial charge in [-0.15, -0.1) is 0 Å². The molecule has 5 nitrogen and oxygen atoms in total. The minimum atomic E-state index is -0.734. The molecule has 0 aliphatic rings. The van der Waals surface area contributed by atoms with Crippen LogP contribution >= 0.6 is 11.6 Å². The van der Waals surface area contributed by atoms with Crippen LogP contribution in [0.3, 0.4) is 0 Å². The molecule has 0 saturated heterocycles. The Bertz CT molecular complexity index is 300. The maximum atomic E-state index is 10.9. The molecular formula is C7H10ClN3O2. The van der Waals surface area contributed by atoms with Gasteiger partial charge in [0.15, 0.2) is 0 Å². The summed E-state index contributed by atoms with van der Waals surface area (Å²) in [6.45, 7) is 0.221. The van der Waals surface area contributed by atoms with Crippen LogP contribution in [0.25, 0.3) is 0 Å². The van der Waals surface area contributed by atoms with Crippen molar-refractivity contribution in [3.8, 4) is 0 Å². The van der Waals surface area contributed by atoms with Gasteiger partial charge in [-0.3, -0.25) is 9.48 Å². The first-order valence-electron chi connectivity index (χ1n) is 3.66. The van der Waals surface area contributed by atoms with E-state index >= 15 is 0 Å². The number of ether oxygens (including phenoxy) is 1. The van der Waals surface area contributed by atoms with E-state index in [0.29, 0.717) is 5.15 Å². The van der Waals surface area contributed by atoms with E-state index in [1.807, 2.05) is 0 Å². The van der Waals surface area contributed by atoms with E-state index in [9.17, 15) is 4.79 Å². The van der Waals surface area contributed by atoms with Crippen LogP contribution in [0.5, 0.6) is 0 Å². The number of carbonyl (C=O) groups excluding carboxylic acids is 1. The number of nitrogens with two attached hydrogens (primary N) is 1. The molecule has 6 heteroatoms. The zero-order chi connectivity index (χ0) is 9.84. The highest BCUT2D eigenvalue weighted by atomic mass is 35.5. The fourth-order valence-electron chi connectivity index (χ4n) is 0.863. The first-order chi connectivity index (χ1) is 6.15. The van der Waals surface area contributed by atoms with Crippen LogP contribution in [0.4, 0.5) is 0 Å². The predicted octanol–water partition coefficient (Wildman–Crippen LogP) is 0.0368. The van der Waals surface area contributed by atoms with Crippen LogP contribution < -0.4 is 5.73 Å². The van der Waals surface area contributed by atoms with Gasteiger partial charge in [-0.05, 0) is 6.07 Å². The lowest BCUT2D eigenvalue weighted by atomic mass is 10.3. The number of hydrogen-bond donors (Lipinski definition) is 1. The number of esters is 1. The molecule has 0 fully saturated rings. The van der Waals surface area contributed by atoms with E-state index < -0.39 is 12.0 Å². The molecule has 1 heterocycles. The highest BCUT2D eigenvalue weighted by Gasteiger charge is 2.15. The summed E-state index contributed by atoms with van der Waals surface area (Å²) in [5, 5.41) is 4.31. The fourth-order valence-corrected chi connectivity index (χ4v) is 1.03. The first kappa shape index (κ1) is 10.0. The second-order valence-electron chi connectivity index (χ2n) is 2.47. The molecule has 2 N–H and O–H groups in total. The molecule has 1 atom stereocenters. The molecule has 0 spiro atoms. The van der Waals surface area contributed by atoms with E-state index in [-0.39, 0.29) is 6.54 Å². The Morgan fingerprint density at radius 3 is 3.08 bits per heavy atom. The molecule has 1 rings (SSSR count). The van der Waals surface area contributed by atoms with Crippen molar-refractivity contribution >= 4 is 17.6 Å². The average molecular weight is 204 g/mol. The van der Waals surface area contributed by atoms with E-state index in [1.54, 1.807) is 6.07 Å². The van der Waals surface area contributed by atoms with Crippen LogP contribution in [-0.4, -0.2) is 28.9 Å². The smallest absolute Gasteiger partial charge is 0.324 e. The largest absolute Gasteiger partial charge is 0.468 e. The van der Waals surface area contributed by atoms with Crippen molar-refractivity contribution in [2.75, 3.05) is 7.11 Å². The van der Waals surface area contributed by atoms with Crippen LogP contribution in [0.1, 0.15) is 0 Å². The molecular weight excluding hydrogens is 194 g/mol. The van der Waals surface area contributed by atoms with Crippen molar-refractivity contribution in [2.24, 2.45) is 5.73 Å². The second kappa shape index (κ2) is 4.25. The molecule has 0 radical (unpaired) electrons. The third-order valence-corrected chi connectivity index (χ3v) is 1.86. The number of carbonyl (C=O) groups is 1. The van der Waals surface area contributed by atoms with Gasteiger partial charge in [-0.25, -0.2) is 0 Å². The standard InChI is InChI=1S/C7H10ClN3O2/c1-13-7(12)5(9)4-11-6(8)2-3-10-11/h2-3,5H,4,9H2,1H3. The third-order valence-electron chi connectivity index (χ3n) is 1.54. The Morgan fingerprint density at radius 1 is 1.92 bits per heavy atom. The first-order valence-corrected chi connectivity index (χ1v) is 4.03. The highest BCUT2D eigenvalue weighted by molar-refractivity contribution is 6.29. The highest BCUT2D eigenvalue weighted by Crippen LogP contribution is 2.06. The number of methoxy groups -OCH3 is 1. The summed E-state index contributed by atoms with van der Waals surface area (Å²) in [7, 11) is 1.28. The number of halogens is 1. The maximum absolute atomic E-state index is 10.9. The summed E-state index contributed by atoms with van der Waals surface area (Å²) in [5.74, 6) is -0.480. The molecule has 13 heavy (non-hydrogen) atoms. The molecule has 0 aliphatic carbocycles. The van der Waals surface area contributed by atoms with Crippen LogP contribution in [0.15, 0.2) is 12.3 Å². The molecule has 0 bridgehead atoms. The summed E-state index contributed by atoms with van der Waals surface area (Å²) in [4.78, 5) is 10.9. The summed E-state index contributed by atoms with van der Waals surface area (Å²) < 4.78 is 5.89. The van der Waals surface area contributed by atoms with Crippen LogP contribution in [-0.2, 0) is 16.1 Å². The lowest BCUT2D eigenvalue weighted by Gasteiger charge is -2.09. The Labute approximate surface area is 80.4 Å². The molecule has 1 unspecified atom stereocenters. The van der Waals surface area contributed by atoms with E-state index in [1.165, 1.54) is 18.0 Å². The van der Waals surface area contributed by atoms with Crippen molar-refractivity contribution < 1.29 is 9.53 Å². The van der Waals surface area contributed by atoms with Crippen molar-refractivity contribution in [2.45, 2.75) is 12.6 Å². The minimum Gasteiger partial charge on any atom is -0.468 e.